The maximum absolute atomic E-state index is 11.6. The van der Waals surface area contributed by atoms with Gasteiger partial charge in [0.1, 0.15) is 0 Å². The third-order valence-electron chi connectivity index (χ3n) is 2.98. The topological polar surface area (TPSA) is 89.4 Å². The predicted molar refractivity (Wildman–Crippen MR) is 87.9 cm³/mol. The molecule has 0 saturated heterocycles. The fraction of sp³-hybridized carbons (Fsp3) is 0.333. The third kappa shape index (κ3) is 4.77. The van der Waals surface area contributed by atoms with Crippen molar-refractivity contribution in [2.45, 2.75) is 30.4 Å². The third-order valence-corrected chi connectivity index (χ3v) is 5.33. The van der Waals surface area contributed by atoms with Crippen molar-refractivity contribution in [2.75, 3.05) is 6.61 Å². The van der Waals surface area contributed by atoms with E-state index in [0.29, 0.717) is 17.9 Å². The van der Waals surface area contributed by atoms with E-state index in [2.05, 4.69) is 9.97 Å². The van der Waals surface area contributed by atoms with Crippen molar-refractivity contribution in [2.24, 2.45) is 0 Å². The molecule has 0 aliphatic carbocycles. The minimum atomic E-state index is -0.994. The molecule has 0 atom stereocenters. The molecule has 0 saturated carbocycles. The number of ether oxygens (including phenoxy) is 1. The Balaban J connectivity index is 2.05. The molecule has 0 spiro atoms. The molecular formula is C15H16N2O4S2. The zero-order valence-corrected chi connectivity index (χ0v) is 14.4. The Labute approximate surface area is 141 Å². The van der Waals surface area contributed by atoms with Gasteiger partial charge in [0.05, 0.1) is 24.3 Å². The van der Waals surface area contributed by atoms with Gasteiger partial charge in [-0.1, -0.05) is 11.8 Å². The van der Waals surface area contributed by atoms with Crippen LogP contribution in [0.1, 0.15) is 33.4 Å². The van der Waals surface area contributed by atoms with Gasteiger partial charge >= 0.3 is 11.9 Å². The molecule has 2 aromatic rings. The normalized spacial score (nSPS) is 10.5. The number of aromatic carboxylic acids is 1. The van der Waals surface area contributed by atoms with Gasteiger partial charge in [-0.2, -0.15) is 0 Å². The van der Waals surface area contributed by atoms with E-state index in [0.717, 1.165) is 14.9 Å². The summed E-state index contributed by atoms with van der Waals surface area (Å²) >= 11 is 2.88. The van der Waals surface area contributed by atoms with Crippen LogP contribution in [0.5, 0.6) is 0 Å². The number of hydrogen-bond donors (Lipinski definition) is 1. The zero-order valence-electron chi connectivity index (χ0n) is 12.7. The molecule has 6 nitrogen and oxygen atoms in total. The molecule has 0 aromatic carbocycles. The van der Waals surface area contributed by atoms with Gasteiger partial charge < -0.3 is 9.84 Å². The predicted octanol–water partition coefficient (Wildman–Crippen LogP) is 2.94. The van der Waals surface area contributed by atoms with E-state index in [9.17, 15) is 9.59 Å². The summed E-state index contributed by atoms with van der Waals surface area (Å²) in [5, 5.41) is 9.15. The second-order valence-electron chi connectivity index (χ2n) is 4.60. The first kappa shape index (κ1) is 17.4. The van der Waals surface area contributed by atoms with Gasteiger partial charge in [-0.05, 0) is 25.5 Å². The molecule has 0 fully saturated rings. The summed E-state index contributed by atoms with van der Waals surface area (Å²) in [6, 6.07) is 1.69. The van der Waals surface area contributed by atoms with E-state index in [-0.39, 0.29) is 18.0 Å². The quantitative estimate of drug-likeness (QED) is 0.605. The highest BCUT2D eigenvalue weighted by molar-refractivity contribution is 8.00. The number of esters is 1. The van der Waals surface area contributed by atoms with Crippen LogP contribution >= 0.6 is 23.1 Å². The van der Waals surface area contributed by atoms with Gasteiger partial charge in [0, 0.05) is 23.0 Å². The molecule has 23 heavy (non-hydrogen) atoms. The molecule has 0 radical (unpaired) electrons. The largest absolute Gasteiger partial charge is 0.478 e. The van der Waals surface area contributed by atoms with Crippen LogP contribution in [-0.4, -0.2) is 33.6 Å². The molecule has 0 aliphatic rings. The highest BCUT2D eigenvalue weighted by Crippen LogP contribution is 2.30. The van der Waals surface area contributed by atoms with Gasteiger partial charge in [0.25, 0.3) is 0 Å². The number of carboxylic acid groups (broad SMARTS) is 1. The summed E-state index contributed by atoms with van der Waals surface area (Å²) in [4.78, 5) is 31.8. The van der Waals surface area contributed by atoms with E-state index < -0.39 is 5.97 Å². The average molecular weight is 352 g/mol. The smallest absolute Gasteiger partial charge is 0.337 e. The molecule has 0 bridgehead atoms. The van der Waals surface area contributed by atoms with Crippen LogP contribution in [0.15, 0.2) is 22.8 Å². The number of aryl methyl sites for hydroxylation is 1. The summed E-state index contributed by atoms with van der Waals surface area (Å²) in [7, 11) is 0. The Morgan fingerprint density at radius 1 is 1.43 bits per heavy atom. The molecule has 0 unspecified atom stereocenters. The standard InChI is InChI=1S/C15H16N2O4S2/c1-3-21-13(18)6-12-9(2)17-15(23-12)22-8-10-4-5-16-7-11(10)14(19)20/h4-5,7H,3,6,8H2,1-2H3,(H,19,20). The number of nitrogens with zero attached hydrogens (tertiary/aromatic N) is 2. The summed E-state index contributed by atoms with van der Waals surface area (Å²) < 4.78 is 5.74. The van der Waals surface area contributed by atoms with E-state index >= 15 is 0 Å². The molecule has 2 aromatic heterocycles. The average Bonchev–Trinajstić information content (AvgIpc) is 2.85. The Bertz CT molecular complexity index is 715. The molecular weight excluding hydrogens is 336 g/mol. The van der Waals surface area contributed by atoms with E-state index in [4.69, 9.17) is 9.84 Å². The van der Waals surface area contributed by atoms with Gasteiger partial charge in [-0.3, -0.25) is 9.78 Å². The number of carbonyl (C=O) groups excluding carboxylic acids is 1. The Morgan fingerprint density at radius 3 is 2.91 bits per heavy atom. The van der Waals surface area contributed by atoms with Crippen molar-refractivity contribution < 1.29 is 19.4 Å². The number of carbonyl (C=O) groups is 2. The number of hydrogen-bond acceptors (Lipinski definition) is 7. The monoisotopic (exact) mass is 352 g/mol. The van der Waals surface area contributed by atoms with Crippen molar-refractivity contribution in [3.8, 4) is 0 Å². The highest BCUT2D eigenvalue weighted by atomic mass is 32.2. The second kappa shape index (κ2) is 8.07. The number of aromatic nitrogens is 2. The zero-order chi connectivity index (χ0) is 16.8. The summed E-state index contributed by atoms with van der Waals surface area (Å²) in [6.45, 7) is 3.98. The molecule has 0 aliphatic heterocycles. The number of thiazole rings is 1. The molecule has 2 heterocycles. The first-order valence-electron chi connectivity index (χ1n) is 6.92. The minimum absolute atomic E-state index is 0.194. The first-order chi connectivity index (χ1) is 11.0. The van der Waals surface area contributed by atoms with Crippen LogP contribution in [0.4, 0.5) is 0 Å². The van der Waals surface area contributed by atoms with Crippen molar-refractivity contribution in [3.63, 3.8) is 0 Å². The second-order valence-corrected chi connectivity index (χ2v) is 6.90. The lowest BCUT2D eigenvalue weighted by molar-refractivity contribution is -0.142. The van der Waals surface area contributed by atoms with E-state index in [1.165, 1.54) is 29.3 Å². The Kier molecular flexibility index (Phi) is 6.12. The summed E-state index contributed by atoms with van der Waals surface area (Å²) in [5.41, 5.74) is 1.69. The molecule has 0 amide bonds. The van der Waals surface area contributed by atoms with Crippen molar-refractivity contribution >= 4 is 35.0 Å². The van der Waals surface area contributed by atoms with E-state index in [1.54, 1.807) is 19.2 Å². The van der Waals surface area contributed by atoms with Crippen LogP contribution < -0.4 is 0 Å². The maximum Gasteiger partial charge on any atom is 0.337 e. The van der Waals surface area contributed by atoms with Crippen LogP contribution in [-0.2, 0) is 21.7 Å². The summed E-state index contributed by atoms with van der Waals surface area (Å²) in [5.74, 6) is -0.777. The molecule has 1 N–H and O–H groups in total. The first-order valence-corrected chi connectivity index (χ1v) is 8.72. The number of thioether (sulfide) groups is 1. The van der Waals surface area contributed by atoms with Crippen molar-refractivity contribution in [1.82, 2.24) is 9.97 Å². The van der Waals surface area contributed by atoms with Crippen LogP contribution in [0.25, 0.3) is 0 Å². The van der Waals surface area contributed by atoms with E-state index in [1.807, 2.05) is 6.92 Å². The lowest BCUT2D eigenvalue weighted by Crippen LogP contribution is -2.07. The van der Waals surface area contributed by atoms with Crippen LogP contribution in [0.2, 0.25) is 0 Å². The number of carboxylic acids is 1. The lowest BCUT2D eigenvalue weighted by Gasteiger charge is -2.03. The molecule has 2 rings (SSSR count). The maximum atomic E-state index is 11.6. The van der Waals surface area contributed by atoms with Gasteiger partial charge in [0.2, 0.25) is 0 Å². The highest BCUT2D eigenvalue weighted by Gasteiger charge is 2.14. The molecule has 122 valence electrons. The van der Waals surface area contributed by atoms with Gasteiger partial charge in [0.15, 0.2) is 4.34 Å². The number of rotatable bonds is 7. The van der Waals surface area contributed by atoms with Gasteiger partial charge in [-0.15, -0.1) is 11.3 Å². The fourth-order valence-corrected chi connectivity index (χ4v) is 4.07. The van der Waals surface area contributed by atoms with Crippen molar-refractivity contribution in [3.05, 3.63) is 40.2 Å². The SMILES string of the molecule is CCOC(=O)Cc1sc(SCc2ccncc2C(=O)O)nc1C. The van der Waals surface area contributed by atoms with Crippen molar-refractivity contribution in [1.29, 1.82) is 0 Å². The minimum Gasteiger partial charge on any atom is -0.478 e. The number of pyridine rings is 1. The fourth-order valence-electron chi connectivity index (χ4n) is 1.85. The lowest BCUT2D eigenvalue weighted by atomic mass is 10.2. The van der Waals surface area contributed by atoms with Gasteiger partial charge in [-0.25, -0.2) is 9.78 Å². The Hall–Kier alpha value is -1.93. The van der Waals surface area contributed by atoms with Crippen LogP contribution in [0, 0.1) is 6.92 Å². The Morgan fingerprint density at radius 2 is 2.22 bits per heavy atom. The molecule has 8 heteroatoms. The van der Waals surface area contributed by atoms with Crippen LogP contribution in [0.3, 0.4) is 0 Å². The summed E-state index contributed by atoms with van der Waals surface area (Å²) in [6.07, 6.45) is 3.13.